The van der Waals surface area contributed by atoms with Gasteiger partial charge in [-0.1, -0.05) is 40.7 Å². The summed E-state index contributed by atoms with van der Waals surface area (Å²) >= 11 is 5.23. The number of halogens is 1. The summed E-state index contributed by atoms with van der Waals surface area (Å²) < 4.78 is 1.10. The molecule has 4 heteroatoms. The van der Waals surface area contributed by atoms with E-state index in [1.54, 1.807) is 11.8 Å². The van der Waals surface area contributed by atoms with Crippen molar-refractivity contribution in [3.8, 4) is 0 Å². The van der Waals surface area contributed by atoms with Crippen molar-refractivity contribution >= 4 is 33.5 Å². The molecular formula is C14H15BrN2S. The summed E-state index contributed by atoms with van der Waals surface area (Å²) in [4.78, 5) is 6.72. The molecule has 0 radical (unpaired) electrons. The number of hydrogen-bond acceptors (Lipinski definition) is 3. The first-order chi connectivity index (χ1) is 8.78. The van der Waals surface area contributed by atoms with Gasteiger partial charge in [-0.25, -0.2) is 4.98 Å². The van der Waals surface area contributed by atoms with Crippen LogP contribution in [0.25, 0.3) is 0 Å². The Labute approximate surface area is 120 Å². The van der Waals surface area contributed by atoms with E-state index in [2.05, 4.69) is 51.4 Å². The molecule has 0 aliphatic carbocycles. The smallest absolute Gasteiger partial charge is 0.127 e. The molecule has 2 aromatic rings. The number of hydrogen-bond donors (Lipinski definition) is 1. The number of benzene rings is 1. The van der Waals surface area contributed by atoms with Crippen LogP contribution in [0.3, 0.4) is 0 Å². The van der Waals surface area contributed by atoms with Crippen LogP contribution in [0.5, 0.6) is 0 Å². The molecule has 0 atom stereocenters. The van der Waals surface area contributed by atoms with Crippen LogP contribution in [-0.4, -0.2) is 11.5 Å². The number of nitrogens with one attached hydrogen (secondary N) is 1. The van der Waals surface area contributed by atoms with Gasteiger partial charge in [0, 0.05) is 27.0 Å². The third-order valence-corrected chi connectivity index (χ3v) is 3.79. The molecule has 1 N–H and O–H groups in total. The van der Waals surface area contributed by atoms with Crippen molar-refractivity contribution in [2.45, 2.75) is 23.1 Å². The number of pyridine rings is 1. The molecule has 0 unspecified atom stereocenters. The van der Waals surface area contributed by atoms with Crippen LogP contribution in [-0.2, 0) is 0 Å². The van der Waals surface area contributed by atoms with Crippen LogP contribution in [0.1, 0.15) is 13.3 Å². The van der Waals surface area contributed by atoms with Crippen molar-refractivity contribution < 1.29 is 0 Å². The number of aromatic nitrogens is 1. The molecular weight excluding hydrogens is 308 g/mol. The largest absolute Gasteiger partial charge is 0.370 e. The second-order valence-corrected chi connectivity index (χ2v) is 5.93. The Morgan fingerprint density at radius 3 is 2.83 bits per heavy atom. The molecule has 0 aliphatic rings. The van der Waals surface area contributed by atoms with Gasteiger partial charge in [-0.15, -0.1) is 0 Å². The second-order valence-electron chi connectivity index (χ2n) is 3.86. The van der Waals surface area contributed by atoms with Gasteiger partial charge in [0.25, 0.3) is 0 Å². The van der Waals surface area contributed by atoms with Crippen LogP contribution in [0, 0.1) is 0 Å². The van der Waals surface area contributed by atoms with Gasteiger partial charge in [-0.2, -0.15) is 0 Å². The summed E-state index contributed by atoms with van der Waals surface area (Å²) in [6.45, 7) is 3.10. The summed E-state index contributed by atoms with van der Waals surface area (Å²) in [5, 5.41) is 3.30. The molecule has 2 rings (SSSR count). The quantitative estimate of drug-likeness (QED) is 0.854. The van der Waals surface area contributed by atoms with Crippen molar-refractivity contribution in [2.75, 3.05) is 11.9 Å². The molecule has 18 heavy (non-hydrogen) atoms. The van der Waals surface area contributed by atoms with Crippen LogP contribution in [0.2, 0.25) is 0 Å². The Kier molecular flexibility index (Phi) is 5.08. The molecule has 0 fully saturated rings. The fourth-order valence-electron chi connectivity index (χ4n) is 1.49. The Hall–Kier alpha value is -1.00. The fraction of sp³-hybridized carbons (Fsp3) is 0.214. The van der Waals surface area contributed by atoms with Gasteiger partial charge >= 0.3 is 0 Å². The van der Waals surface area contributed by atoms with Crippen molar-refractivity contribution in [1.82, 2.24) is 4.98 Å². The number of rotatable bonds is 5. The van der Waals surface area contributed by atoms with Gasteiger partial charge < -0.3 is 5.32 Å². The van der Waals surface area contributed by atoms with Crippen LogP contribution in [0.4, 0.5) is 5.82 Å². The highest BCUT2D eigenvalue weighted by molar-refractivity contribution is 9.10. The maximum atomic E-state index is 4.30. The minimum atomic E-state index is 0.942. The van der Waals surface area contributed by atoms with Crippen LogP contribution < -0.4 is 5.32 Å². The average Bonchev–Trinajstić information content (AvgIpc) is 2.37. The first-order valence-corrected chi connectivity index (χ1v) is 7.52. The zero-order chi connectivity index (χ0) is 12.8. The van der Waals surface area contributed by atoms with Gasteiger partial charge in [-0.3, -0.25) is 0 Å². The van der Waals surface area contributed by atoms with Gasteiger partial charge in [0.2, 0.25) is 0 Å². The topological polar surface area (TPSA) is 24.9 Å². The normalized spacial score (nSPS) is 10.3. The standard InChI is InChI=1S/C14H15BrN2S/c1-2-7-16-14-10-13(6-8-17-14)18-12-5-3-4-11(15)9-12/h3-6,8-10H,2,7H2,1H3,(H,16,17). The molecule has 0 bridgehead atoms. The minimum absolute atomic E-state index is 0.942. The monoisotopic (exact) mass is 322 g/mol. The minimum Gasteiger partial charge on any atom is -0.370 e. The second kappa shape index (κ2) is 6.81. The third kappa shape index (κ3) is 4.03. The van der Waals surface area contributed by atoms with Crippen molar-refractivity contribution in [1.29, 1.82) is 0 Å². The Morgan fingerprint density at radius 2 is 2.06 bits per heavy atom. The van der Waals surface area contributed by atoms with E-state index in [1.165, 1.54) is 9.79 Å². The van der Waals surface area contributed by atoms with E-state index in [4.69, 9.17) is 0 Å². The average molecular weight is 323 g/mol. The van der Waals surface area contributed by atoms with Gasteiger partial charge in [0.15, 0.2) is 0 Å². The highest BCUT2D eigenvalue weighted by atomic mass is 79.9. The van der Waals surface area contributed by atoms with E-state index in [0.29, 0.717) is 0 Å². The zero-order valence-corrected chi connectivity index (χ0v) is 12.6. The molecule has 0 saturated carbocycles. The summed E-state index contributed by atoms with van der Waals surface area (Å²) in [6, 6.07) is 12.4. The van der Waals surface area contributed by atoms with Crippen molar-refractivity contribution in [3.63, 3.8) is 0 Å². The summed E-state index contributed by atoms with van der Waals surface area (Å²) in [6.07, 6.45) is 2.95. The molecule has 0 aliphatic heterocycles. The first kappa shape index (κ1) is 13.4. The Balaban J connectivity index is 2.09. The predicted molar refractivity (Wildman–Crippen MR) is 81.3 cm³/mol. The van der Waals surface area contributed by atoms with E-state index in [0.717, 1.165) is 23.3 Å². The maximum Gasteiger partial charge on any atom is 0.127 e. The van der Waals surface area contributed by atoms with Gasteiger partial charge in [0.1, 0.15) is 5.82 Å². The maximum absolute atomic E-state index is 4.30. The highest BCUT2D eigenvalue weighted by Crippen LogP contribution is 2.30. The third-order valence-electron chi connectivity index (χ3n) is 2.32. The molecule has 2 nitrogen and oxygen atoms in total. The molecule has 1 heterocycles. The predicted octanol–water partition coefficient (Wildman–Crippen LogP) is 4.82. The molecule has 1 aromatic heterocycles. The summed E-state index contributed by atoms with van der Waals surface area (Å²) in [7, 11) is 0. The van der Waals surface area contributed by atoms with E-state index < -0.39 is 0 Å². The number of nitrogens with zero attached hydrogens (tertiary/aromatic N) is 1. The summed E-state index contributed by atoms with van der Waals surface area (Å²) in [5.41, 5.74) is 0. The Morgan fingerprint density at radius 1 is 1.22 bits per heavy atom. The first-order valence-electron chi connectivity index (χ1n) is 5.91. The van der Waals surface area contributed by atoms with E-state index in [9.17, 15) is 0 Å². The van der Waals surface area contributed by atoms with Crippen LogP contribution >= 0.6 is 27.7 Å². The fourth-order valence-corrected chi connectivity index (χ4v) is 2.95. The van der Waals surface area contributed by atoms with Gasteiger partial charge in [0.05, 0.1) is 0 Å². The van der Waals surface area contributed by atoms with Gasteiger partial charge in [-0.05, 0) is 36.8 Å². The molecule has 0 amide bonds. The lowest BCUT2D eigenvalue weighted by Crippen LogP contribution is -2.01. The molecule has 0 spiro atoms. The highest BCUT2D eigenvalue weighted by Gasteiger charge is 2.00. The van der Waals surface area contributed by atoms with E-state index >= 15 is 0 Å². The molecule has 1 aromatic carbocycles. The van der Waals surface area contributed by atoms with Crippen molar-refractivity contribution in [3.05, 3.63) is 47.1 Å². The number of anilines is 1. The van der Waals surface area contributed by atoms with Crippen LogP contribution in [0.15, 0.2) is 56.9 Å². The van der Waals surface area contributed by atoms with E-state index in [-0.39, 0.29) is 0 Å². The zero-order valence-electron chi connectivity index (χ0n) is 10.2. The SMILES string of the molecule is CCCNc1cc(Sc2cccc(Br)c2)ccn1. The molecule has 94 valence electrons. The molecule has 0 saturated heterocycles. The van der Waals surface area contributed by atoms with E-state index in [1.807, 2.05) is 24.4 Å². The Bertz CT molecular complexity index is 517. The van der Waals surface area contributed by atoms with Crippen molar-refractivity contribution in [2.24, 2.45) is 0 Å². The lowest BCUT2D eigenvalue weighted by molar-refractivity contribution is 0.967. The summed E-state index contributed by atoms with van der Waals surface area (Å²) in [5.74, 6) is 0.942. The lowest BCUT2D eigenvalue weighted by Gasteiger charge is -2.06. The lowest BCUT2D eigenvalue weighted by atomic mass is 10.4.